The number of carboxylic acid groups (broad SMARTS) is 1. The standard InChI is InChI=1S/C15H18INO5/c1-4-21-13-8-10(6-11(16)14(13)22-5-2)7-12(15(19)20)17-9(3)18/h6-8H,4-5H2,1-3H3,(H,17,18)(H,19,20). The van der Waals surface area contributed by atoms with Crippen LogP contribution in [0.25, 0.3) is 6.08 Å². The fraction of sp³-hybridized carbons (Fsp3) is 0.333. The number of carboxylic acids is 1. The van der Waals surface area contributed by atoms with Crippen molar-refractivity contribution in [3.8, 4) is 11.5 Å². The quantitative estimate of drug-likeness (QED) is 0.525. The monoisotopic (exact) mass is 419 g/mol. The second kappa shape index (κ2) is 8.62. The first-order valence-corrected chi connectivity index (χ1v) is 7.78. The maximum Gasteiger partial charge on any atom is 0.352 e. The summed E-state index contributed by atoms with van der Waals surface area (Å²) in [5, 5.41) is 11.4. The van der Waals surface area contributed by atoms with Crippen LogP contribution in [0.5, 0.6) is 11.5 Å². The molecule has 0 heterocycles. The Morgan fingerprint density at radius 1 is 1.27 bits per heavy atom. The zero-order chi connectivity index (χ0) is 16.7. The van der Waals surface area contributed by atoms with Gasteiger partial charge in [0.2, 0.25) is 5.91 Å². The Hall–Kier alpha value is -1.77. The molecule has 0 aliphatic carbocycles. The molecule has 0 fully saturated rings. The topological polar surface area (TPSA) is 84.9 Å². The number of nitrogens with one attached hydrogen (secondary N) is 1. The number of aliphatic carboxylic acids is 1. The van der Waals surface area contributed by atoms with Gasteiger partial charge >= 0.3 is 5.97 Å². The van der Waals surface area contributed by atoms with Gasteiger partial charge in [0.05, 0.1) is 16.8 Å². The third kappa shape index (κ3) is 5.21. The number of ether oxygens (including phenoxy) is 2. The van der Waals surface area contributed by atoms with E-state index in [4.69, 9.17) is 14.6 Å². The van der Waals surface area contributed by atoms with Gasteiger partial charge in [-0.3, -0.25) is 4.79 Å². The van der Waals surface area contributed by atoms with Gasteiger partial charge in [-0.05, 0) is 60.2 Å². The lowest BCUT2D eigenvalue weighted by Crippen LogP contribution is -2.24. The average Bonchev–Trinajstić information content (AvgIpc) is 2.41. The molecule has 0 radical (unpaired) electrons. The minimum Gasteiger partial charge on any atom is -0.490 e. The third-order valence-corrected chi connectivity index (χ3v) is 3.27. The Labute approximate surface area is 142 Å². The van der Waals surface area contributed by atoms with Crippen molar-refractivity contribution >= 4 is 40.5 Å². The minimum atomic E-state index is -1.21. The summed E-state index contributed by atoms with van der Waals surface area (Å²) in [5.74, 6) is -0.495. The van der Waals surface area contributed by atoms with Gasteiger partial charge in [0.25, 0.3) is 0 Å². The lowest BCUT2D eigenvalue weighted by atomic mass is 10.1. The van der Waals surface area contributed by atoms with Crippen LogP contribution in [0, 0.1) is 3.57 Å². The minimum absolute atomic E-state index is 0.199. The van der Waals surface area contributed by atoms with Crippen molar-refractivity contribution in [3.05, 3.63) is 27.0 Å². The van der Waals surface area contributed by atoms with Crippen LogP contribution in [0.3, 0.4) is 0 Å². The van der Waals surface area contributed by atoms with E-state index in [9.17, 15) is 9.59 Å². The van der Waals surface area contributed by atoms with E-state index in [1.807, 2.05) is 13.8 Å². The van der Waals surface area contributed by atoms with E-state index in [0.29, 0.717) is 30.3 Å². The van der Waals surface area contributed by atoms with E-state index in [-0.39, 0.29) is 5.70 Å². The van der Waals surface area contributed by atoms with Crippen molar-refractivity contribution in [2.45, 2.75) is 20.8 Å². The van der Waals surface area contributed by atoms with E-state index in [0.717, 1.165) is 3.57 Å². The van der Waals surface area contributed by atoms with Crippen LogP contribution in [-0.4, -0.2) is 30.2 Å². The Morgan fingerprint density at radius 2 is 1.91 bits per heavy atom. The van der Waals surface area contributed by atoms with Gasteiger partial charge in [-0.25, -0.2) is 4.79 Å². The van der Waals surface area contributed by atoms with E-state index >= 15 is 0 Å². The van der Waals surface area contributed by atoms with Crippen molar-refractivity contribution in [2.75, 3.05) is 13.2 Å². The Balaban J connectivity index is 3.29. The molecule has 1 amide bonds. The summed E-state index contributed by atoms with van der Waals surface area (Å²) in [6, 6.07) is 3.44. The van der Waals surface area contributed by atoms with E-state index < -0.39 is 11.9 Å². The molecule has 1 aromatic rings. The molecule has 2 N–H and O–H groups in total. The van der Waals surface area contributed by atoms with E-state index in [1.165, 1.54) is 13.0 Å². The lowest BCUT2D eigenvalue weighted by Gasteiger charge is -2.14. The summed E-state index contributed by atoms with van der Waals surface area (Å²) >= 11 is 2.10. The molecule has 0 bridgehead atoms. The second-order valence-electron chi connectivity index (χ2n) is 4.24. The first-order chi connectivity index (χ1) is 10.4. The lowest BCUT2D eigenvalue weighted by molar-refractivity contribution is -0.134. The molecule has 6 nitrogen and oxygen atoms in total. The fourth-order valence-electron chi connectivity index (χ4n) is 1.73. The molecule has 0 saturated carbocycles. The highest BCUT2D eigenvalue weighted by Crippen LogP contribution is 2.34. The number of benzene rings is 1. The second-order valence-corrected chi connectivity index (χ2v) is 5.40. The zero-order valence-electron chi connectivity index (χ0n) is 12.6. The molecule has 1 aromatic carbocycles. The summed E-state index contributed by atoms with van der Waals surface area (Å²) in [6.07, 6.45) is 1.38. The maximum atomic E-state index is 11.2. The fourth-order valence-corrected chi connectivity index (χ4v) is 2.51. The first kappa shape index (κ1) is 18.3. The van der Waals surface area contributed by atoms with Crippen LogP contribution in [0.1, 0.15) is 26.3 Å². The largest absolute Gasteiger partial charge is 0.490 e. The van der Waals surface area contributed by atoms with Crippen molar-refractivity contribution in [2.24, 2.45) is 0 Å². The molecule has 7 heteroatoms. The SMILES string of the molecule is CCOc1cc(C=C(NC(C)=O)C(=O)O)cc(I)c1OCC. The first-order valence-electron chi connectivity index (χ1n) is 6.70. The molecule has 0 aliphatic heterocycles. The van der Waals surface area contributed by atoms with Crippen LogP contribution in [0.15, 0.2) is 17.8 Å². The Bertz CT molecular complexity index is 598. The Kier molecular flexibility index (Phi) is 7.16. The molecule has 0 saturated heterocycles. The predicted octanol–water partition coefficient (Wildman–Crippen LogP) is 2.65. The van der Waals surface area contributed by atoms with Crippen LogP contribution in [0.4, 0.5) is 0 Å². The molecule has 1 rings (SSSR count). The molecule has 0 spiro atoms. The molecule has 0 atom stereocenters. The van der Waals surface area contributed by atoms with Crippen molar-refractivity contribution < 1.29 is 24.2 Å². The van der Waals surface area contributed by atoms with Gasteiger partial charge in [-0.1, -0.05) is 0 Å². The van der Waals surface area contributed by atoms with Crippen molar-refractivity contribution in [1.82, 2.24) is 5.32 Å². The van der Waals surface area contributed by atoms with Gasteiger partial charge in [0, 0.05) is 6.92 Å². The van der Waals surface area contributed by atoms with Gasteiger partial charge in [-0.15, -0.1) is 0 Å². The molecule has 120 valence electrons. The summed E-state index contributed by atoms with van der Waals surface area (Å²) < 4.78 is 11.9. The van der Waals surface area contributed by atoms with Gasteiger partial charge in [0.1, 0.15) is 5.70 Å². The highest BCUT2D eigenvalue weighted by molar-refractivity contribution is 14.1. The number of hydrogen-bond donors (Lipinski definition) is 2. The smallest absolute Gasteiger partial charge is 0.352 e. The van der Waals surface area contributed by atoms with Gasteiger partial charge in [0.15, 0.2) is 11.5 Å². The number of carbonyl (C=O) groups is 2. The van der Waals surface area contributed by atoms with Crippen LogP contribution < -0.4 is 14.8 Å². The highest BCUT2D eigenvalue weighted by atomic mass is 127. The molecular formula is C15H18INO5. The normalized spacial score (nSPS) is 11.0. The third-order valence-electron chi connectivity index (χ3n) is 2.47. The summed E-state index contributed by atoms with van der Waals surface area (Å²) in [5.41, 5.74) is 0.400. The van der Waals surface area contributed by atoms with Gasteiger partial charge in [-0.2, -0.15) is 0 Å². The molecule has 0 aliphatic rings. The number of rotatable bonds is 7. The van der Waals surface area contributed by atoms with Crippen LogP contribution >= 0.6 is 22.6 Å². The van der Waals surface area contributed by atoms with E-state index in [2.05, 4.69) is 27.9 Å². The maximum absolute atomic E-state index is 11.2. The summed E-state index contributed by atoms with van der Waals surface area (Å²) in [4.78, 5) is 22.2. The number of halogens is 1. The highest BCUT2D eigenvalue weighted by Gasteiger charge is 2.14. The van der Waals surface area contributed by atoms with Crippen molar-refractivity contribution in [1.29, 1.82) is 0 Å². The molecule has 22 heavy (non-hydrogen) atoms. The summed E-state index contributed by atoms with van der Waals surface area (Å²) in [6.45, 7) is 5.94. The average molecular weight is 419 g/mol. The van der Waals surface area contributed by atoms with Crippen LogP contribution in [0.2, 0.25) is 0 Å². The van der Waals surface area contributed by atoms with Crippen LogP contribution in [-0.2, 0) is 9.59 Å². The van der Waals surface area contributed by atoms with Crippen molar-refractivity contribution in [3.63, 3.8) is 0 Å². The number of amides is 1. The molecule has 0 aromatic heterocycles. The number of carbonyl (C=O) groups excluding carboxylic acids is 1. The molecular weight excluding hydrogens is 401 g/mol. The summed E-state index contributed by atoms with van der Waals surface area (Å²) in [7, 11) is 0. The Morgan fingerprint density at radius 3 is 2.41 bits per heavy atom. The predicted molar refractivity (Wildman–Crippen MR) is 90.9 cm³/mol. The van der Waals surface area contributed by atoms with Gasteiger partial charge < -0.3 is 19.9 Å². The van der Waals surface area contributed by atoms with E-state index in [1.54, 1.807) is 12.1 Å². The molecule has 0 unspecified atom stereocenters. The zero-order valence-corrected chi connectivity index (χ0v) is 14.8. The number of hydrogen-bond acceptors (Lipinski definition) is 4.